The Bertz CT molecular complexity index is 854. The maximum absolute atomic E-state index is 12.0. The van der Waals surface area contributed by atoms with Gasteiger partial charge in [0.1, 0.15) is 19.9 Å². The van der Waals surface area contributed by atoms with Crippen LogP contribution in [0.15, 0.2) is 64.2 Å². The molecule has 0 unspecified atom stereocenters. The standard InChI is InChI=1S/C17H14BN3O3S/c1-23-14-7-6-13(20-16(22)17-19-8-9-24-17)10-15(14)25-21-12-4-2-11(18)3-5-12/h2-10,21H,1H3,(H,20,22). The van der Waals surface area contributed by atoms with E-state index in [9.17, 15) is 4.79 Å². The van der Waals surface area contributed by atoms with E-state index >= 15 is 0 Å². The first-order valence-electron chi connectivity index (χ1n) is 7.33. The van der Waals surface area contributed by atoms with Crippen molar-refractivity contribution in [1.29, 1.82) is 0 Å². The third kappa shape index (κ3) is 4.36. The summed E-state index contributed by atoms with van der Waals surface area (Å²) in [6.45, 7) is 0. The zero-order valence-corrected chi connectivity index (χ0v) is 14.2. The van der Waals surface area contributed by atoms with Crippen molar-refractivity contribution >= 4 is 42.5 Å². The van der Waals surface area contributed by atoms with Gasteiger partial charge in [-0.2, -0.15) is 0 Å². The Morgan fingerprint density at radius 3 is 2.64 bits per heavy atom. The van der Waals surface area contributed by atoms with Gasteiger partial charge in [0.25, 0.3) is 5.89 Å². The molecule has 0 fully saturated rings. The molecule has 2 aromatic carbocycles. The van der Waals surface area contributed by atoms with Gasteiger partial charge in [0.2, 0.25) is 0 Å². The molecule has 1 aromatic heterocycles. The Kier molecular flexibility index (Phi) is 5.30. The minimum Gasteiger partial charge on any atom is -0.496 e. The number of ether oxygens (including phenoxy) is 1. The van der Waals surface area contributed by atoms with Crippen molar-refractivity contribution in [3.8, 4) is 5.75 Å². The average molecular weight is 351 g/mol. The third-order valence-electron chi connectivity index (χ3n) is 3.24. The highest BCUT2D eigenvalue weighted by atomic mass is 32.2. The van der Waals surface area contributed by atoms with Gasteiger partial charge in [0, 0.05) is 11.4 Å². The summed E-state index contributed by atoms with van der Waals surface area (Å²) in [6.07, 6.45) is 2.77. The molecule has 2 radical (unpaired) electrons. The second-order valence-corrected chi connectivity index (χ2v) is 5.83. The largest absolute Gasteiger partial charge is 0.496 e. The molecule has 0 aliphatic carbocycles. The number of amides is 1. The molecule has 0 spiro atoms. The first-order valence-corrected chi connectivity index (χ1v) is 8.14. The number of oxazole rings is 1. The van der Waals surface area contributed by atoms with E-state index in [0.29, 0.717) is 16.9 Å². The summed E-state index contributed by atoms with van der Waals surface area (Å²) in [4.78, 5) is 16.6. The first kappa shape index (κ1) is 17.0. The maximum Gasteiger partial charge on any atom is 0.311 e. The van der Waals surface area contributed by atoms with Crippen LogP contribution in [0.1, 0.15) is 10.7 Å². The number of anilines is 2. The minimum atomic E-state index is -0.419. The van der Waals surface area contributed by atoms with Crippen LogP contribution in [-0.2, 0) is 0 Å². The molecule has 0 aliphatic heterocycles. The lowest BCUT2D eigenvalue weighted by atomic mass is 9.96. The van der Waals surface area contributed by atoms with Crippen LogP contribution in [-0.4, -0.2) is 25.8 Å². The second-order valence-electron chi connectivity index (χ2n) is 4.98. The fourth-order valence-corrected chi connectivity index (χ4v) is 2.82. The van der Waals surface area contributed by atoms with E-state index in [1.165, 1.54) is 24.4 Å². The quantitative estimate of drug-likeness (QED) is 0.525. The van der Waals surface area contributed by atoms with E-state index in [1.54, 1.807) is 25.3 Å². The Labute approximate surface area is 150 Å². The van der Waals surface area contributed by atoms with E-state index < -0.39 is 5.91 Å². The van der Waals surface area contributed by atoms with E-state index in [-0.39, 0.29) is 5.89 Å². The van der Waals surface area contributed by atoms with Crippen molar-refractivity contribution < 1.29 is 13.9 Å². The molecule has 1 amide bonds. The third-order valence-corrected chi connectivity index (χ3v) is 4.11. The number of hydrogen-bond acceptors (Lipinski definition) is 6. The smallest absolute Gasteiger partial charge is 0.311 e. The molecule has 25 heavy (non-hydrogen) atoms. The molecule has 6 nitrogen and oxygen atoms in total. The van der Waals surface area contributed by atoms with Crippen LogP contribution >= 0.6 is 11.9 Å². The van der Waals surface area contributed by atoms with Gasteiger partial charge in [-0.3, -0.25) is 4.79 Å². The van der Waals surface area contributed by atoms with Gasteiger partial charge in [-0.25, -0.2) is 4.98 Å². The van der Waals surface area contributed by atoms with Gasteiger partial charge in [-0.15, -0.1) is 0 Å². The van der Waals surface area contributed by atoms with Gasteiger partial charge >= 0.3 is 5.91 Å². The average Bonchev–Trinajstić information content (AvgIpc) is 3.16. The normalized spacial score (nSPS) is 10.3. The number of aromatic nitrogens is 1. The summed E-state index contributed by atoms with van der Waals surface area (Å²) >= 11 is 1.36. The SMILES string of the molecule is [B]c1ccc(NSc2cc(NC(=O)c3ncco3)ccc2OC)cc1. The number of carbonyl (C=O) groups is 1. The Hall–Kier alpha value is -2.87. The van der Waals surface area contributed by atoms with Crippen molar-refractivity contribution in [3.63, 3.8) is 0 Å². The van der Waals surface area contributed by atoms with Gasteiger partial charge in [0.15, 0.2) is 0 Å². The summed E-state index contributed by atoms with van der Waals surface area (Å²) < 4.78 is 13.6. The molecule has 0 saturated heterocycles. The predicted octanol–water partition coefficient (Wildman–Crippen LogP) is 2.85. The highest BCUT2D eigenvalue weighted by Crippen LogP contribution is 2.32. The fourth-order valence-electron chi connectivity index (χ4n) is 2.02. The van der Waals surface area contributed by atoms with Crippen molar-refractivity contribution in [2.75, 3.05) is 17.1 Å². The number of benzene rings is 2. The number of carbonyl (C=O) groups excluding carboxylic acids is 1. The molecule has 2 N–H and O–H groups in total. The van der Waals surface area contributed by atoms with Crippen LogP contribution in [0.5, 0.6) is 5.75 Å². The van der Waals surface area contributed by atoms with E-state index in [1.807, 2.05) is 24.3 Å². The maximum atomic E-state index is 12.0. The monoisotopic (exact) mass is 351 g/mol. The highest BCUT2D eigenvalue weighted by molar-refractivity contribution is 8.00. The summed E-state index contributed by atoms with van der Waals surface area (Å²) in [5, 5.41) is 2.73. The van der Waals surface area contributed by atoms with Crippen molar-refractivity contribution in [2.45, 2.75) is 4.90 Å². The lowest BCUT2D eigenvalue weighted by Crippen LogP contribution is -2.12. The second kappa shape index (κ2) is 7.80. The Balaban J connectivity index is 1.73. The van der Waals surface area contributed by atoms with Crippen molar-refractivity contribution in [3.05, 3.63) is 60.8 Å². The van der Waals surface area contributed by atoms with Crippen LogP contribution < -0.4 is 20.2 Å². The molecule has 0 aliphatic rings. The van der Waals surface area contributed by atoms with Crippen LogP contribution in [0, 0.1) is 0 Å². The van der Waals surface area contributed by atoms with Crippen molar-refractivity contribution in [2.24, 2.45) is 0 Å². The Morgan fingerprint density at radius 1 is 1.20 bits per heavy atom. The van der Waals surface area contributed by atoms with Gasteiger partial charge in [-0.05, 0) is 42.3 Å². The topological polar surface area (TPSA) is 76.4 Å². The molecule has 1 heterocycles. The molecular weight excluding hydrogens is 337 g/mol. The molecule has 124 valence electrons. The lowest BCUT2D eigenvalue weighted by Gasteiger charge is -2.12. The first-order chi connectivity index (χ1) is 12.2. The summed E-state index contributed by atoms with van der Waals surface area (Å²) in [5.41, 5.74) is 2.20. The van der Waals surface area contributed by atoms with Gasteiger partial charge < -0.3 is 19.2 Å². The van der Waals surface area contributed by atoms with E-state index in [0.717, 1.165) is 10.6 Å². The number of hydrogen-bond donors (Lipinski definition) is 2. The van der Waals surface area contributed by atoms with Crippen molar-refractivity contribution in [1.82, 2.24) is 4.98 Å². The van der Waals surface area contributed by atoms with E-state index in [2.05, 4.69) is 15.0 Å². The number of rotatable bonds is 6. The molecule has 3 rings (SSSR count). The fraction of sp³-hybridized carbons (Fsp3) is 0.0588. The summed E-state index contributed by atoms with van der Waals surface area (Å²) in [6, 6.07) is 12.7. The number of methoxy groups -OCH3 is 1. The molecule has 0 saturated carbocycles. The Morgan fingerprint density at radius 2 is 1.96 bits per heavy atom. The molecular formula is C17H14BN3O3S. The van der Waals surface area contributed by atoms with Crippen LogP contribution in [0.25, 0.3) is 0 Å². The van der Waals surface area contributed by atoms with Crippen LogP contribution in [0.2, 0.25) is 0 Å². The molecule has 0 bridgehead atoms. The molecule has 3 aromatic rings. The highest BCUT2D eigenvalue weighted by Gasteiger charge is 2.12. The predicted molar refractivity (Wildman–Crippen MR) is 98.8 cm³/mol. The summed E-state index contributed by atoms with van der Waals surface area (Å²) in [5.74, 6) is 0.268. The van der Waals surface area contributed by atoms with Crippen LogP contribution in [0.3, 0.4) is 0 Å². The molecule has 8 heteroatoms. The van der Waals surface area contributed by atoms with Crippen LogP contribution in [0.4, 0.5) is 11.4 Å². The number of nitrogens with one attached hydrogen (secondary N) is 2. The zero-order chi connectivity index (χ0) is 17.6. The summed E-state index contributed by atoms with van der Waals surface area (Å²) in [7, 11) is 7.27. The molecule has 0 atom stereocenters. The number of nitrogens with zero attached hydrogens (tertiary/aromatic N) is 1. The van der Waals surface area contributed by atoms with Gasteiger partial charge in [-0.1, -0.05) is 17.6 Å². The van der Waals surface area contributed by atoms with E-state index in [4.69, 9.17) is 17.0 Å². The zero-order valence-electron chi connectivity index (χ0n) is 13.4. The minimum absolute atomic E-state index is 0.00465. The van der Waals surface area contributed by atoms with Gasteiger partial charge in [0.05, 0.1) is 18.2 Å². The lowest BCUT2D eigenvalue weighted by molar-refractivity contribution is 0.0990.